The van der Waals surface area contributed by atoms with E-state index >= 15 is 0 Å². The van der Waals surface area contributed by atoms with E-state index in [1.165, 1.54) is 0 Å². The number of ether oxygens (including phenoxy) is 1. The monoisotopic (exact) mass is 257 g/mol. The van der Waals surface area contributed by atoms with Gasteiger partial charge in [0.25, 0.3) is 0 Å². The second kappa shape index (κ2) is 9.98. The quantitative estimate of drug-likeness (QED) is 0.695. The highest BCUT2D eigenvalue weighted by Gasteiger charge is 2.20. The molecule has 3 heteroatoms. The maximum Gasteiger partial charge on any atom is 0.410 e. The van der Waals surface area contributed by atoms with Crippen molar-refractivity contribution >= 4 is 6.09 Å². The van der Waals surface area contributed by atoms with Crippen molar-refractivity contribution in [1.29, 1.82) is 0 Å². The summed E-state index contributed by atoms with van der Waals surface area (Å²) in [6.07, 6.45) is 2.57. The molecule has 0 aliphatic rings. The lowest BCUT2D eigenvalue weighted by molar-refractivity contribution is 0.0253. The Bertz CT molecular complexity index is 229. The molecule has 0 aliphatic heterocycles. The van der Waals surface area contributed by atoms with Crippen molar-refractivity contribution in [3.05, 3.63) is 12.7 Å². The largest absolute Gasteiger partial charge is 0.444 e. The SMILES string of the molecule is C=CC.CCN(CCC(C)C)C(=O)OC(C)(C)C. The first-order chi connectivity index (χ1) is 8.17. The molecule has 0 aromatic rings. The molecule has 1 amide bonds. The maximum atomic E-state index is 11.7. The van der Waals surface area contributed by atoms with E-state index < -0.39 is 5.60 Å². The molecule has 108 valence electrons. The number of hydrogen-bond donors (Lipinski definition) is 0. The van der Waals surface area contributed by atoms with Crippen LogP contribution in [0, 0.1) is 5.92 Å². The van der Waals surface area contributed by atoms with Gasteiger partial charge < -0.3 is 9.64 Å². The van der Waals surface area contributed by atoms with E-state index in [0.717, 1.165) is 13.0 Å². The van der Waals surface area contributed by atoms with Crippen LogP contribution in [0.25, 0.3) is 0 Å². The molecular weight excluding hydrogens is 226 g/mol. The van der Waals surface area contributed by atoms with E-state index in [1.807, 2.05) is 34.6 Å². The second-order valence-electron chi connectivity index (χ2n) is 5.65. The molecule has 0 fully saturated rings. The molecule has 0 atom stereocenters. The Balaban J connectivity index is 0. The summed E-state index contributed by atoms with van der Waals surface area (Å²) in [5.74, 6) is 0.612. The minimum absolute atomic E-state index is 0.203. The Labute approximate surface area is 113 Å². The first kappa shape index (κ1) is 19.4. The van der Waals surface area contributed by atoms with Crippen LogP contribution in [0.2, 0.25) is 0 Å². The standard InChI is InChI=1S/C12H25NO2.C3H6/c1-7-13(9-8-10(2)3)11(14)15-12(4,5)6;1-3-2/h10H,7-9H2,1-6H3;3H,1H2,2H3. The van der Waals surface area contributed by atoms with Crippen molar-refractivity contribution in [3.63, 3.8) is 0 Å². The number of carbonyl (C=O) groups is 1. The Morgan fingerprint density at radius 1 is 1.39 bits per heavy atom. The van der Waals surface area contributed by atoms with Gasteiger partial charge in [-0.15, -0.1) is 6.58 Å². The molecule has 0 bridgehead atoms. The van der Waals surface area contributed by atoms with Crippen LogP contribution in [0.1, 0.15) is 54.9 Å². The molecule has 0 aliphatic carbocycles. The fourth-order valence-electron chi connectivity index (χ4n) is 1.12. The molecular formula is C15H31NO2. The first-order valence-corrected chi connectivity index (χ1v) is 6.72. The van der Waals surface area contributed by atoms with Crippen LogP contribution < -0.4 is 0 Å². The van der Waals surface area contributed by atoms with Crippen LogP contribution in [0.4, 0.5) is 4.79 Å². The van der Waals surface area contributed by atoms with Crippen LogP contribution in [-0.4, -0.2) is 29.7 Å². The van der Waals surface area contributed by atoms with Crippen molar-refractivity contribution in [2.24, 2.45) is 5.92 Å². The number of amides is 1. The molecule has 0 saturated carbocycles. The predicted molar refractivity (Wildman–Crippen MR) is 78.8 cm³/mol. The second-order valence-corrected chi connectivity index (χ2v) is 5.65. The van der Waals surface area contributed by atoms with Gasteiger partial charge in [-0.1, -0.05) is 19.9 Å². The summed E-state index contributed by atoms with van der Waals surface area (Å²) in [6, 6.07) is 0. The summed E-state index contributed by atoms with van der Waals surface area (Å²) >= 11 is 0. The molecule has 0 unspecified atom stereocenters. The van der Waals surface area contributed by atoms with E-state index in [0.29, 0.717) is 12.5 Å². The minimum Gasteiger partial charge on any atom is -0.444 e. The zero-order valence-electron chi connectivity index (χ0n) is 13.2. The molecule has 18 heavy (non-hydrogen) atoms. The van der Waals surface area contributed by atoms with Crippen molar-refractivity contribution in [3.8, 4) is 0 Å². The predicted octanol–water partition coefficient (Wildman–Crippen LogP) is 4.48. The number of nitrogens with zero attached hydrogens (tertiary/aromatic N) is 1. The lowest BCUT2D eigenvalue weighted by atomic mass is 10.1. The van der Waals surface area contributed by atoms with Gasteiger partial charge in [0.2, 0.25) is 0 Å². The van der Waals surface area contributed by atoms with E-state index in [2.05, 4.69) is 20.4 Å². The lowest BCUT2D eigenvalue weighted by Crippen LogP contribution is -2.37. The average molecular weight is 257 g/mol. The van der Waals surface area contributed by atoms with Crippen LogP contribution in [0.15, 0.2) is 12.7 Å². The third kappa shape index (κ3) is 13.1. The Morgan fingerprint density at radius 3 is 2.11 bits per heavy atom. The maximum absolute atomic E-state index is 11.7. The van der Waals surface area contributed by atoms with Gasteiger partial charge >= 0.3 is 6.09 Å². The van der Waals surface area contributed by atoms with Crippen molar-refractivity contribution in [1.82, 2.24) is 4.90 Å². The Hall–Kier alpha value is -0.990. The first-order valence-electron chi connectivity index (χ1n) is 6.72. The smallest absolute Gasteiger partial charge is 0.410 e. The molecule has 0 heterocycles. The molecule has 0 N–H and O–H groups in total. The Morgan fingerprint density at radius 2 is 1.83 bits per heavy atom. The van der Waals surface area contributed by atoms with Gasteiger partial charge in [-0.05, 0) is 47.0 Å². The van der Waals surface area contributed by atoms with Gasteiger partial charge in [0.1, 0.15) is 5.60 Å². The highest BCUT2D eigenvalue weighted by Crippen LogP contribution is 2.11. The van der Waals surface area contributed by atoms with Crippen LogP contribution in [0.5, 0.6) is 0 Å². The van der Waals surface area contributed by atoms with Crippen molar-refractivity contribution < 1.29 is 9.53 Å². The molecule has 0 spiro atoms. The van der Waals surface area contributed by atoms with Gasteiger partial charge in [-0.3, -0.25) is 0 Å². The summed E-state index contributed by atoms with van der Waals surface area (Å²) in [5, 5.41) is 0. The number of allylic oxidation sites excluding steroid dienone is 1. The third-order valence-corrected chi connectivity index (χ3v) is 2.01. The van der Waals surface area contributed by atoms with E-state index in [4.69, 9.17) is 4.74 Å². The van der Waals surface area contributed by atoms with Crippen molar-refractivity contribution in [2.75, 3.05) is 13.1 Å². The number of hydrogen-bond acceptors (Lipinski definition) is 2. The molecule has 3 nitrogen and oxygen atoms in total. The zero-order chi connectivity index (χ0) is 14.8. The minimum atomic E-state index is -0.400. The fourth-order valence-corrected chi connectivity index (χ4v) is 1.12. The molecule has 0 rings (SSSR count). The number of rotatable bonds is 4. The van der Waals surface area contributed by atoms with E-state index in [1.54, 1.807) is 11.0 Å². The highest BCUT2D eigenvalue weighted by molar-refractivity contribution is 5.68. The van der Waals surface area contributed by atoms with Crippen LogP contribution >= 0.6 is 0 Å². The average Bonchev–Trinajstić information content (AvgIpc) is 2.16. The summed E-state index contributed by atoms with van der Waals surface area (Å²) in [7, 11) is 0. The van der Waals surface area contributed by atoms with Crippen LogP contribution in [0.3, 0.4) is 0 Å². The summed E-state index contributed by atoms with van der Waals surface area (Å²) in [5.41, 5.74) is -0.400. The molecule has 0 radical (unpaired) electrons. The topological polar surface area (TPSA) is 29.5 Å². The summed E-state index contributed by atoms with van der Waals surface area (Å²) in [6.45, 7) is 18.7. The lowest BCUT2D eigenvalue weighted by Gasteiger charge is -2.26. The summed E-state index contributed by atoms with van der Waals surface area (Å²) < 4.78 is 5.31. The van der Waals surface area contributed by atoms with Gasteiger partial charge in [0.05, 0.1) is 0 Å². The molecule has 0 aromatic heterocycles. The van der Waals surface area contributed by atoms with Crippen LogP contribution in [-0.2, 0) is 4.74 Å². The highest BCUT2D eigenvalue weighted by atomic mass is 16.6. The molecule has 0 aromatic carbocycles. The van der Waals surface area contributed by atoms with Gasteiger partial charge in [0.15, 0.2) is 0 Å². The van der Waals surface area contributed by atoms with Gasteiger partial charge in [-0.25, -0.2) is 4.79 Å². The van der Waals surface area contributed by atoms with Gasteiger partial charge in [0, 0.05) is 13.1 Å². The summed E-state index contributed by atoms with van der Waals surface area (Å²) in [4.78, 5) is 13.5. The number of carbonyl (C=O) groups excluding carboxylic acids is 1. The third-order valence-electron chi connectivity index (χ3n) is 2.01. The Kier molecular flexibility index (Phi) is 10.7. The normalized spacial score (nSPS) is 10.4. The van der Waals surface area contributed by atoms with E-state index in [9.17, 15) is 4.79 Å². The molecule has 0 saturated heterocycles. The van der Waals surface area contributed by atoms with Gasteiger partial charge in [-0.2, -0.15) is 0 Å². The fraction of sp³-hybridized carbons (Fsp3) is 0.800. The van der Waals surface area contributed by atoms with Crippen molar-refractivity contribution in [2.45, 2.75) is 60.5 Å². The zero-order valence-corrected chi connectivity index (χ0v) is 13.2. The van der Waals surface area contributed by atoms with E-state index in [-0.39, 0.29) is 6.09 Å².